The highest BCUT2D eigenvalue weighted by atomic mass is 16.1. The van der Waals surface area contributed by atoms with Gasteiger partial charge >= 0.3 is 0 Å². The van der Waals surface area contributed by atoms with Gasteiger partial charge in [-0.15, -0.1) is 0 Å². The summed E-state index contributed by atoms with van der Waals surface area (Å²) in [6.45, 7) is 6.31. The molecular weight excluding hydrogens is 352 g/mol. The second-order valence-electron chi connectivity index (χ2n) is 8.64. The third-order valence-electron chi connectivity index (χ3n) is 5.22. The van der Waals surface area contributed by atoms with Crippen LogP contribution in [0, 0.1) is 5.41 Å². The summed E-state index contributed by atoms with van der Waals surface area (Å²) in [6.07, 6.45) is 3.55. The Balaban J connectivity index is 0.000000204. The lowest BCUT2D eigenvalue weighted by Gasteiger charge is -2.27. The van der Waals surface area contributed by atoms with E-state index in [4.69, 9.17) is 0 Å². The van der Waals surface area contributed by atoms with E-state index in [0.717, 1.165) is 6.42 Å². The Morgan fingerprint density at radius 1 is 0.655 bits per heavy atom. The van der Waals surface area contributed by atoms with Crippen LogP contribution in [0.25, 0.3) is 0 Å². The molecule has 148 valence electrons. The first kappa shape index (κ1) is 20.8. The van der Waals surface area contributed by atoms with Crippen molar-refractivity contribution in [3.05, 3.63) is 119 Å². The van der Waals surface area contributed by atoms with Gasteiger partial charge in [-0.3, -0.25) is 4.79 Å². The van der Waals surface area contributed by atoms with Gasteiger partial charge in [0.15, 0.2) is 5.78 Å². The molecule has 0 spiro atoms. The highest BCUT2D eigenvalue weighted by Crippen LogP contribution is 2.33. The van der Waals surface area contributed by atoms with E-state index in [0.29, 0.717) is 12.3 Å². The fourth-order valence-corrected chi connectivity index (χ4v) is 4.18. The van der Waals surface area contributed by atoms with E-state index < -0.39 is 0 Å². The number of carbonyl (C=O) groups excluding carboxylic acids is 1. The molecular formula is C28H30O. The first-order valence-electron chi connectivity index (χ1n) is 10.3. The summed E-state index contributed by atoms with van der Waals surface area (Å²) in [5, 5.41) is 0. The highest BCUT2D eigenvalue weighted by Gasteiger charge is 2.25. The Morgan fingerprint density at radius 3 is 1.34 bits per heavy atom. The van der Waals surface area contributed by atoms with Crippen LogP contribution in [0.15, 0.2) is 103 Å². The lowest BCUT2D eigenvalue weighted by atomic mass is 9.77. The Kier molecular flexibility index (Phi) is 6.82. The predicted octanol–water partition coefficient (Wildman–Crippen LogP) is 7.19. The molecule has 29 heavy (non-hydrogen) atoms. The van der Waals surface area contributed by atoms with Gasteiger partial charge in [-0.1, -0.05) is 110 Å². The molecule has 1 aliphatic carbocycles. The quantitative estimate of drug-likeness (QED) is 0.438. The molecule has 0 unspecified atom stereocenters. The second-order valence-corrected chi connectivity index (χ2v) is 8.64. The summed E-state index contributed by atoms with van der Waals surface area (Å²) < 4.78 is 0. The van der Waals surface area contributed by atoms with Gasteiger partial charge in [0.1, 0.15) is 0 Å². The standard InChI is InChI=1S/C19H16.C9H14O/c1-4-10-16(11-5-1)19(17-12-6-2-7-13-17)18-14-8-3-9-15-18;1-7-4-8(10)6-9(2,3)5-7/h1-15,19H;4H,5-6H2,1-3H3. The van der Waals surface area contributed by atoms with E-state index in [-0.39, 0.29) is 11.2 Å². The molecule has 0 N–H and O–H groups in total. The molecule has 0 saturated carbocycles. The minimum Gasteiger partial charge on any atom is -0.295 e. The Bertz CT molecular complexity index is 843. The normalized spacial score (nSPS) is 15.3. The summed E-state index contributed by atoms with van der Waals surface area (Å²) in [4.78, 5) is 11.0. The van der Waals surface area contributed by atoms with Crippen LogP contribution >= 0.6 is 0 Å². The molecule has 0 fully saturated rings. The summed E-state index contributed by atoms with van der Waals surface area (Å²) in [7, 11) is 0. The SMILES string of the molecule is CC1=CC(=O)CC(C)(C)C1.c1ccc(C(c2ccccc2)c2ccccc2)cc1. The number of hydrogen-bond acceptors (Lipinski definition) is 1. The van der Waals surface area contributed by atoms with Crippen LogP contribution in [0.4, 0.5) is 0 Å². The molecule has 0 atom stereocenters. The van der Waals surface area contributed by atoms with E-state index in [1.807, 2.05) is 6.92 Å². The summed E-state index contributed by atoms with van der Waals surface area (Å²) in [5.74, 6) is 0.595. The van der Waals surface area contributed by atoms with Crippen molar-refractivity contribution in [3.63, 3.8) is 0 Å². The monoisotopic (exact) mass is 382 g/mol. The number of ketones is 1. The van der Waals surface area contributed by atoms with Gasteiger partial charge < -0.3 is 0 Å². The van der Waals surface area contributed by atoms with E-state index in [1.54, 1.807) is 6.08 Å². The lowest BCUT2D eigenvalue weighted by molar-refractivity contribution is -0.117. The number of benzene rings is 3. The fraction of sp³-hybridized carbons (Fsp3) is 0.250. The van der Waals surface area contributed by atoms with Crippen molar-refractivity contribution in [2.24, 2.45) is 5.41 Å². The molecule has 1 nitrogen and oxygen atoms in total. The van der Waals surface area contributed by atoms with Crippen molar-refractivity contribution in [1.29, 1.82) is 0 Å². The number of hydrogen-bond donors (Lipinski definition) is 0. The largest absolute Gasteiger partial charge is 0.295 e. The Morgan fingerprint density at radius 2 is 1.03 bits per heavy atom. The van der Waals surface area contributed by atoms with E-state index in [9.17, 15) is 4.79 Å². The van der Waals surface area contributed by atoms with Gasteiger partial charge in [0.25, 0.3) is 0 Å². The predicted molar refractivity (Wildman–Crippen MR) is 122 cm³/mol. The van der Waals surface area contributed by atoms with Crippen molar-refractivity contribution in [1.82, 2.24) is 0 Å². The Labute approximate surface area is 175 Å². The van der Waals surface area contributed by atoms with Crippen LogP contribution in [-0.2, 0) is 4.79 Å². The first-order chi connectivity index (χ1) is 13.9. The van der Waals surface area contributed by atoms with Gasteiger partial charge in [0.05, 0.1) is 0 Å². The van der Waals surface area contributed by atoms with E-state index in [1.165, 1.54) is 22.3 Å². The molecule has 4 rings (SSSR count). The lowest BCUT2D eigenvalue weighted by Crippen LogP contribution is -2.20. The zero-order valence-corrected chi connectivity index (χ0v) is 17.6. The average Bonchev–Trinajstić information content (AvgIpc) is 2.69. The summed E-state index contributed by atoms with van der Waals surface area (Å²) >= 11 is 0. The van der Waals surface area contributed by atoms with Gasteiger partial charge in [0.2, 0.25) is 0 Å². The smallest absolute Gasteiger partial charge is 0.156 e. The van der Waals surface area contributed by atoms with Gasteiger partial charge in [-0.2, -0.15) is 0 Å². The second kappa shape index (κ2) is 9.52. The maximum atomic E-state index is 11.0. The zero-order valence-electron chi connectivity index (χ0n) is 17.6. The topological polar surface area (TPSA) is 17.1 Å². The minimum atomic E-state index is 0.204. The molecule has 0 radical (unpaired) electrons. The van der Waals surface area contributed by atoms with Crippen LogP contribution in [0.5, 0.6) is 0 Å². The molecule has 0 saturated heterocycles. The third kappa shape index (κ3) is 6.02. The van der Waals surface area contributed by atoms with Crippen molar-refractivity contribution < 1.29 is 4.79 Å². The number of rotatable bonds is 3. The molecule has 3 aromatic rings. The van der Waals surface area contributed by atoms with Crippen LogP contribution in [0.2, 0.25) is 0 Å². The van der Waals surface area contributed by atoms with Crippen molar-refractivity contribution >= 4 is 5.78 Å². The molecule has 1 aliphatic rings. The molecule has 1 heteroatoms. The van der Waals surface area contributed by atoms with E-state index in [2.05, 4.69) is 105 Å². The molecule has 0 aromatic heterocycles. The first-order valence-corrected chi connectivity index (χ1v) is 10.3. The molecule has 0 bridgehead atoms. The van der Waals surface area contributed by atoms with Crippen LogP contribution < -0.4 is 0 Å². The van der Waals surface area contributed by atoms with Crippen LogP contribution in [0.3, 0.4) is 0 Å². The van der Waals surface area contributed by atoms with Crippen molar-refractivity contribution in [2.75, 3.05) is 0 Å². The minimum absolute atomic E-state index is 0.204. The van der Waals surface area contributed by atoms with Crippen molar-refractivity contribution in [3.8, 4) is 0 Å². The summed E-state index contributed by atoms with van der Waals surface area (Å²) in [5.41, 5.74) is 5.43. The third-order valence-corrected chi connectivity index (χ3v) is 5.22. The van der Waals surface area contributed by atoms with Crippen LogP contribution in [0.1, 0.15) is 56.2 Å². The molecule has 0 amide bonds. The summed E-state index contributed by atoms with van der Waals surface area (Å²) in [6, 6.07) is 32.0. The van der Waals surface area contributed by atoms with Crippen LogP contribution in [-0.4, -0.2) is 5.78 Å². The van der Waals surface area contributed by atoms with E-state index >= 15 is 0 Å². The number of allylic oxidation sites excluding steroid dienone is 2. The molecule has 0 heterocycles. The fourth-order valence-electron chi connectivity index (χ4n) is 4.18. The van der Waals surface area contributed by atoms with Crippen molar-refractivity contribution in [2.45, 2.75) is 39.5 Å². The number of carbonyl (C=O) groups is 1. The molecule has 0 aliphatic heterocycles. The van der Waals surface area contributed by atoms with Gasteiger partial charge in [0, 0.05) is 12.3 Å². The van der Waals surface area contributed by atoms with Gasteiger partial charge in [-0.05, 0) is 41.5 Å². The molecule has 3 aromatic carbocycles. The zero-order chi connectivity index (χ0) is 20.7. The average molecular weight is 383 g/mol. The Hall–Kier alpha value is -2.93. The maximum Gasteiger partial charge on any atom is 0.156 e. The van der Waals surface area contributed by atoms with Gasteiger partial charge in [-0.25, -0.2) is 0 Å². The maximum absolute atomic E-state index is 11.0. The highest BCUT2D eigenvalue weighted by molar-refractivity contribution is 5.91.